The molecule has 5 nitrogen and oxygen atoms in total. The molecule has 1 aliphatic heterocycles. The molecule has 1 aromatic rings. The van der Waals surface area contributed by atoms with Crippen LogP contribution >= 0.6 is 0 Å². The fourth-order valence-electron chi connectivity index (χ4n) is 1.96. The molecule has 0 aromatic carbocycles. The van der Waals surface area contributed by atoms with E-state index in [1.54, 1.807) is 0 Å². The van der Waals surface area contributed by atoms with Crippen LogP contribution in [0.3, 0.4) is 0 Å². The summed E-state index contributed by atoms with van der Waals surface area (Å²) in [6.07, 6.45) is 3.59. The monoisotopic (exact) mass is 235 g/mol. The molecule has 2 amide bonds. The third-order valence-corrected chi connectivity index (χ3v) is 3.00. The minimum Gasteiger partial charge on any atom is -0.296 e. The molecule has 0 bridgehead atoms. The number of imide groups is 1. The first-order valence-electron chi connectivity index (χ1n) is 5.94. The first kappa shape index (κ1) is 11.8. The average Bonchev–Trinajstić information content (AvgIpc) is 2.71. The number of hydrogen-bond donors (Lipinski definition) is 1. The zero-order chi connectivity index (χ0) is 12.4. The highest BCUT2D eigenvalue weighted by molar-refractivity contribution is 5.98. The molecule has 2 heterocycles. The predicted molar refractivity (Wildman–Crippen MR) is 62.2 cm³/mol. The second-order valence-corrected chi connectivity index (χ2v) is 4.73. The number of hydrogen-bond acceptors (Lipinski definition) is 3. The molecule has 2 rings (SSSR count). The second kappa shape index (κ2) is 4.69. The highest BCUT2D eigenvalue weighted by Crippen LogP contribution is 2.17. The van der Waals surface area contributed by atoms with E-state index in [-0.39, 0.29) is 17.7 Å². The number of amides is 2. The van der Waals surface area contributed by atoms with Gasteiger partial charge in [-0.3, -0.25) is 19.6 Å². The van der Waals surface area contributed by atoms with Crippen molar-refractivity contribution in [3.63, 3.8) is 0 Å². The number of aromatic nitrogens is 2. The van der Waals surface area contributed by atoms with E-state index in [1.807, 2.05) is 16.9 Å². The number of carbonyl (C=O) groups excluding carboxylic acids is 2. The van der Waals surface area contributed by atoms with Gasteiger partial charge in [-0.15, -0.1) is 0 Å². The van der Waals surface area contributed by atoms with Gasteiger partial charge in [0.2, 0.25) is 11.8 Å². The predicted octanol–water partition coefficient (Wildman–Crippen LogP) is 1.06. The molecule has 17 heavy (non-hydrogen) atoms. The lowest BCUT2D eigenvalue weighted by Crippen LogP contribution is -2.41. The molecule has 1 saturated heterocycles. The number of nitrogens with one attached hydrogen (secondary N) is 1. The number of carbonyl (C=O) groups is 2. The Hall–Kier alpha value is -1.65. The summed E-state index contributed by atoms with van der Waals surface area (Å²) in [6, 6.07) is 2.26. The van der Waals surface area contributed by atoms with Crippen LogP contribution in [0.1, 0.15) is 38.4 Å². The molecule has 0 spiro atoms. The van der Waals surface area contributed by atoms with E-state index in [4.69, 9.17) is 0 Å². The molecular formula is C12H17N3O2. The molecule has 92 valence electrons. The van der Waals surface area contributed by atoms with Crippen LogP contribution in [-0.4, -0.2) is 21.6 Å². The Morgan fingerprint density at radius 2 is 2.29 bits per heavy atom. The molecule has 1 unspecified atom stereocenters. The summed E-state index contributed by atoms with van der Waals surface area (Å²) in [6.45, 7) is 4.12. The van der Waals surface area contributed by atoms with Gasteiger partial charge in [0.1, 0.15) is 0 Å². The summed E-state index contributed by atoms with van der Waals surface area (Å²) < 4.78 is 1.88. The lowest BCUT2D eigenvalue weighted by Gasteiger charge is -2.19. The first-order chi connectivity index (χ1) is 8.06. The molecule has 1 fully saturated rings. The lowest BCUT2D eigenvalue weighted by molar-refractivity contribution is -0.136. The van der Waals surface area contributed by atoms with E-state index < -0.39 is 0 Å². The van der Waals surface area contributed by atoms with Gasteiger partial charge in [-0.05, 0) is 26.3 Å². The summed E-state index contributed by atoms with van der Waals surface area (Å²) in [5.74, 6) is -0.456. The van der Waals surface area contributed by atoms with E-state index in [0.717, 1.165) is 5.69 Å². The maximum absolute atomic E-state index is 11.6. The fourth-order valence-corrected chi connectivity index (χ4v) is 1.96. The highest BCUT2D eigenvalue weighted by atomic mass is 16.2. The van der Waals surface area contributed by atoms with Gasteiger partial charge in [0.05, 0.1) is 5.69 Å². The minimum atomic E-state index is -0.168. The van der Waals surface area contributed by atoms with Gasteiger partial charge in [0, 0.05) is 31.0 Å². The summed E-state index contributed by atoms with van der Waals surface area (Å²) in [5, 5.41) is 6.78. The molecule has 0 aliphatic carbocycles. The molecule has 1 atom stereocenters. The van der Waals surface area contributed by atoms with Gasteiger partial charge < -0.3 is 0 Å². The summed E-state index contributed by atoms with van der Waals surface area (Å²) in [5.41, 5.74) is 0.910. The normalized spacial score (nSPS) is 20.8. The second-order valence-electron chi connectivity index (χ2n) is 4.73. The summed E-state index contributed by atoms with van der Waals surface area (Å²) in [4.78, 5) is 22.6. The molecule has 1 N–H and O–H groups in total. The van der Waals surface area contributed by atoms with Gasteiger partial charge in [0.25, 0.3) is 0 Å². The Morgan fingerprint density at radius 1 is 1.53 bits per heavy atom. The van der Waals surface area contributed by atoms with Crippen LogP contribution in [0.2, 0.25) is 0 Å². The van der Waals surface area contributed by atoms with Gasteiger partial charge in [-0.1, -0.05) is 0 Å². The zero-order valence-corrected chi connectivity index (χ0v) is 10.1. The third kappa shape index (κ3) is 2.72. The van der Waals surface area contributed by atoms with Crippen LogP contribution in [0.5, 0.6) is 0 Å². The Bertz CT molecular complexity index is 437. The lowest BCUT2D eigenvalue weighted by atomic mass is 9.93. The van der Waals surface area contributed by atoms with Crippen molar-refractivity contribution in [3.8, 4) is 0 Å². The van der Waals surface area contributed by atoms with Crippen molar-refractivity contribution in [1.29, 1.82) is 0 Å². The molecule has 5 heteroatoms. The SMILES string of the molecule is CC(C)n1ccc(CC2CCC(=O)NC2=O)n1. The van der Waals surface area contributed by atoms with E-state index >= 15 is 0 Å². The van der Waals surface area contributed by atoms with Gasteiger partial charge >= 0.3 is 0 Å². The van der Waals surface area contributed by atoms with E-state index in [1.165, 1.54) is 0 Å². The fraction of sp³-hybridized carbons (Fsp3) is 0.583. The average molecular weight is 235 g/mol. The van der Waals surface area contributed by atoms with Crippen molar-refractivity contribution in [1.82, 2.24) is 15.1 Å². The van der Waals surface area contributed by atoms with Gasteiger partial charge in [0.15, 0.2) is 0 Å². The van der Waals surface area contributed by atoms with Gasteiger partial charge in [-0.2, -0.15) is 5.10 Å². The maximum atomic E-state index is 11.6. The Balaban J connectivity index is 2.00. The standard InChI is InChI=1S/C12H17N3O2/c1-8(2)15-6-5-10(14-15)7-9-3-4-11(16)13-12(9)17/h5-6,8-9H,3-4,7H2,1-2H3,(H,13,16,17). The topological polar surface area (TPSA) is 64.0 Å². The van der Waals surface area contributed by atoms with Crippen molar-refractivity contribution in [2.45, 2.75) is 39.2 Å². The summed E-state index contributed by atoms with van der Waals surface area (Å²) >= 11 is 0. The van der Waals surface area contributed by atoms with Gasteiger partial charge in [-0.25, -0.2) is 0 Å². The third-order valence-electron chi connectivity index (χ3n) is 3.00. The molecule has 0 radical (unpaired) electrons. The van der Waals surface area contributed by atoms with E-state index in [9.17, 15) is 9.59 Å². The van der Waals surface area contributed by atoms with Crippen molar-refractivity contribution in [3.05, 3.63) is 18.0 Å². The van der Waals surface area contributed by atoms with E-state index in [2.05, 4.69) is 24.3 Å². The highest BCUT2D eigenvalue weighted by Gasteiger charge is 2.27. The van der Waals surface area contributed by atoms with Crippen LogP contribution in [0, 0.1) is 5.92 Å². The Morgan fingerprint density at radius 3 is 2.88 bits per heavy atom. The smallest absolute Gasteiger partial charge is 0.230 e. The largest absolute Gasteiger partial charge is 0.296 e. The van der Waals surface area contributed by atoms with Crippen LogP contribution in [0.25, 0.3) is 0 Å². The first-order valence-corrected chi connectivity index (χ1v) is 5.94. The quantitative estimate of drug-likeness (QED) is 0.797. The van der Waals surface area contributed by atoms with Crippen molar-refractivity contribution < 1.29 is 9.59 Å². The number of nitrogens with zero attached hydrogens (tertiary/aromatic N) is 2. The maximum Gasteiger partial charge on any atom is 0.230 e. The summed E-state index contributed by atoms with van der Waals surface area (Å²) in [7, 11) is 0. The van der Waals surface area contributed by atoms with Crippen LogP contribution < -0.4 is 5.32 Å². The molecule has 1 aromatic heterocycles. The molecule has 1 aliphatic rings. The molecule has 0 saturated carbocycles. The Labute approximate surface area is 100 Å². The number of rotatable bonds is 3. The van der Waals surface area contributed by atoms with Crippen molar-refractivity contribution >= 4 is 11.8 Å². The zero-order valence-electron chi connectivity index (χ0n) is 10.1. The van der Waals surface area contributed by atoms with E-state index in [0.29, 0.717) is 25.3 Å². The number of piperidine rings is 1. The van der Waals surface area contributed by atoms with Crippen LogP contribution in [0.4, 0.5) is 0 Å². The molecular weight excluding hydrogens is 218 g/mol. The Kier molecular flexibility index (Phi) is 3.26. The van der Waals surface area contributed by atoms with Crippen molar-refractivity contribution in [2.75, 3.05) is 0 Å². The minimum absolute atomic E-state index is 0.122. The van der Waals surface area contributed by atoms with Crippen LogP contribution in [-0.2, 0) is 16.0 Å². The van der Waals surface area contributed by atoms with Crippen LogP contribution in [0.15, 0.2) is 12.3 Å². The van der Waals surface area contributed by atoms with Crippen molar-refractivity contribution in [2.24, 2.45) is 5.92 Å².